The molecule has 1 heterocycles. The van der Waals surface area contributed by atoms with Crippen LogP contribution in [0.4, 0.5) is 19.0 Å². The first-order valence-electron chi connectivity index (χ1n) is 5.33. The SMILES string of the molecule is CC(F)c1cc(F)c(F)c(-c2cc(N)n(C)n2)c1. The molecule has 96 valence electrons. The van der Waals surface area contributed by atoms with Gasteiger partial charge < -0.3 is 5.73 Å². The number of benzene rings is 1. The molecule has 1 atom stereocenters. The topological polar surface area (TPSA) is 43.8 Å². The van der Waals surface area contributed by atoms with Gasteiger partial charge in [-0.15, -0.1) is 0 Å². The van der Waals surface area contributed by atoms with Gasteiger partial charge in [-0.2, -0.15) is 5.10 Å². The van der Waals surface area contributed by atoms with Crippen LogP contribution in [0.5, 0.6) is 0 Å². The summed E-state index contributed by atoms with van der Waals surface area (Å²) in [5, 5.41) is 3.95. The molecule has 0 aliphatic carbocycles. The van der Waals surface area contributed by atoms with Gasteiger partial charge in [0.25, 0.3) is 0 Å². The number of alkyl halides is 1. The maximum atomic E-state index is 13.7. The van der Waals surface area contributed by atoms with Crippen LogP contribution in [0, 0.1) is 11.6 Å². The molecule has 2 aromatic rings. The van der Waals surface area contributed by atoms with Crippen LogP contribution >= 0.6 is 0 Å². The minimum atomic E-state index is -1.39. The predicted octanol–water partition coefficient (Wildman–Crippen LogP) is 2.98. The third-order valence-corrected chi connectivity index (χ3v) is 2.70. The van der Waals surface area contributed by atoms with Gasteiger partial charge in [0.15, 0.2) is 11.6 Å². The third-order valence-electron chi connectivity index (χ3n) is 2.70. The fourth-order valence-corrected chi connectivity index (χ4v) is 1.64. The number of aryl methyl sites for hydroxylation is 1. The van der Waals surface area contributed by atoms with Crippen molar-refractivity contribution in [2.75, 3.05) is 5.73 Å². The molecule has 0 saturated carbocycles. The van der Waals surface area contributed by atoms with Gasteiger partial charge in [-0.3, -0.25) is 4.68 Å². The second kappa shape index (κ2) is 4.36. The molecule has 0 saturated heterocycles. The molecule has 0 bridgehead atoms. The van der Waals surface area contributed by atoms with Crippen LogP contribution in [0.1, 0.15) is 18.7 Å². The van der Waals surface area contributed by atoms with Crippen LogP contribution in [-0.4, -0.2) is 9.78 Å². The Morgan fingerprint density at radius 2 is 1.94 bits per heavy atom. The van der Waals surface area contributed by atoms with Crippen molar-refractivity contribution in [3.05, 3.63) is 35.4 Å². The zero-order valence-corrected chi connectivity index (χ0v) is 9.92. The number of nitrogens with zero attached hydrogens (tertiary/aromatic N) is 2. The minimum Gasteiger partial charge on any atom is -0.384 e. The number of nitrogen functional groups attached to an aromatic ring is 1. The summed E-state index contributed by atoms with van der Waals surface area (Å²) < 4.78 is 41.6. The molecule has 0 aliphatic rings. The first-order chi connectivity index (χ1) is 8.40. The van der Waals surface area contributed by atoms with Gasteiger partial charge in [0.2, 0.25) is 0 Å². The quantitative estimate of drug-likeness (QED) is 0.896. The lowest BCUT2D eigenvalue weighted by atomic mass is 10.0. The van der Waals surface area contributed by atoms with Gasteiger partial charge in [-0.05, 0) is 24.6 Å². The van der Waals surface area contributed by atoms with E-state index in [0.717, 1.165) is 6.07 Å². The second-order valence-corrected chi connectivity index (χ2v) is 4.06. The lowest BCUT2D eigenvalue weighted by Crippen LogP contribution is -1.98. The molecule has 1 aromatic carbocycles. The van der Waals surface area contributed by atoms with Crippen molar-refractivity contribution >= 4 is 5.82 Å². The monoisotopic (exact) mass is 255 g/mol. The fraction of sp³-hybridized carbons (Fsp3) is 0.250. The Kier molecular flexibility index (Phi) is 3.02. The van der Waals surface area contributed by atoms with Crippen molar-refractivity contribution in [3.8, 4) is 11.3 Å². The van der Waals surface area contributed by atoms with Gasteiger partial charge >= 0.3 is 0 Å². The van der Waals surface area contributed by atoms with Gasteiger partial charge in [-0.1, -0.05) is 0 Å². The van der Waals surface area contributed by atoms with E-state index in [1.54, 1.807) is 7.05 Å². The molecule has 0 amide bonds. The summed E-state index contributed by atoms with van der Waals surface area (Å²) >= 11 is 0. The van der Waals surface area contributed by atoms with Crippen molar-refractivity contribution in [2.45, 2.75) is 13.1 Å². The van der Waals surface area contributed by atoms with Crippen molar-refractivity contribution < 1.29 is 13.2 Å². The summed E-state index contributed by atoms with van der Waals surface area (Å²) in [6.07, 6.45) is -1.39. The van der Waals surface area contributed by atoms with Crippen molar-refractivity contribution in [1.29, 1.82) is 0 Å². The van der Waals surface area contributed by atoms with Gasteiger partial charge in [0.05, 0.1) is 5.69 Å². The van der Waals surface area contributed by atoms with E-state index in [2.05, 4.69) is 5.10 Å². The zero-order chi connectivity index (χ0) is 13.4. The number of aromatic nitrogens is 2. The highest BCUT2D eigenvalue weighted by Crippen LogP contribution is 2.29. The summed E-state index contributed by atoms with van der Waals surface area (Å²) in [7, 11) is 1.58. The summed E-state index contributed by atoms with van der Waals surface area (Å²) in [6.45, 7) is 1.25. The summed E-state index contributed by atoms with van der Waals surface area (Å²) in [4.78, 5) is 0. The van der Waals surface area contributed by atoms with Crippen LogP contribution in [0.25, 0.3) is 11.3 Å². The molecule has 2 N–H and O–H groups in total. The molecule has 0 fully saturated rings. The standard InChI is InChI=1S/C12H12F3N3/c1-6(13)7-3-8(12(15)9(14)4-7)10-5-11(16)18(2)17-10/h3-6H,16H2,1-2H3. The van der Waals surface area contributed by atoms with E-state index < -0.39 is 17.8 Å². The summed E-state index contributed by atoms with van der Waals surface area (Å²) in [5.41, 5.74) is 5.72. The normalized spacial score (nSPS) is 12.7. The van der Waals surface area contributed by atoms with E-state index in [4.69, 9.17) is 5.73 Å². The Morgan fingerprint density at radius 3 is 2.44 bits per heavy atom. The van der Waals surface area contributed by atoms with Crippen molar-refractivity contribution in [1.82, 2.24) is 9.78 Å². The summed E-state index contributed by atoms with van der Waals surface area (Å²) in [5.74, 6) is -1.85. The number of halogens is 3. The lowest BCUT2D eigenvalue weighted by molar-refractivity contribution is 0.371. The summed E-state index contributed by atoms with van der Waals surface area (Å²) in [6, 6.07) is 3.49. The number of hydrogen-bond acceptors (Lipinski definition) is 2. The number of rotatable bonds is 2. The lowest BCUT2D eigenvalue weighted by Gasteiger charge is -2.07. The molecule has 18 heavy (non-hydrogen) atoms. The molecular weight excluding hydrogens is 243 g/mol. The zero-order valence-electron chi connectivity index (χ0n) is 9.92. The molecule has 0 spiro atoms. The Hall–Kier alpha value is -1.98. The fourth-order valence-electron chi connectivity index (χ4n) is 1.64. The van der Waals surface area contributed by atoms with Crippen LogP contribution in [0.2, 0.25) is 0 Å². The third kappa shape index (κ3) is 2.05. The van der Waals surface area contributed by atoms with Crippen LogP contribution < -0.4 is 5.73 Å². The second-order valence-electron chi connectivity index (χ2n) is 4.06. The van der Waals surface area contributed by atoms with E-state index in [1.807, 2.05) is 0 Å². The maximum Gasteiger partial charge on any atom is 0.168 e. The van der Waals surface area contributed by atoms with Gasteiger partial charge in [0, 0.05) is 18.7 Å². The predicted molar refractivity (Wildman–Crippen MR) is 62.5 cm³/mol. The van der Waals surface area contributed by atoms with E-state index in [9.17, 15) is 13.2 Å². The minimum absolute atomic E-state index is 0.0631. The molecule has 6 heteroatoms. The average molecular weight is 255 g/mol. The molecule has 2 rings (SSSR count). The van der Waals surface area contributed by atoms with E-state index in [-0.39, 0.29) is 16.8 Å². The highest BCUT2D eigenvalue weighted by molar-refractivity contribution is 5.64. The largest absolute Gasteiger partial charge is 0.384 e. The first kappa shape index (κ1) is 12.5. The highest BCUT2D eigenvalue weighted by atomic mass is 19.2. The Labute approximate surface area is 102 Å². The van der Waals surface area contributed by atoms with Gasteiger partial charge in [0.1, 0.15) is 12.0 Å². The Morgan fingerprint density at radius 1 is 1.28 bits per heavy atom. The van der Waals surface area contributed by atoms with Crippen molar-refractivity contribution in [2.24, 2.45) is 7.05 Å². The molecular formula is C12H12F3N3. The number of nitrogens with two attached hydrogens (primary N) is 1. The van der Waals surface area contributed by atoms with Crippen LogP contribution in [0.3, 0.4) is 0 Å². The van der Waals surface area contributed by atoms with E-state index in [1.165, 1.54) is 23.7 Å². The molecule has 0 radical (unpaired) electrons. The van der Waals surface area contributed by atoms with E-state index in [0.29, 0.717) is 5.82 Å². The Balaban J connectivity index is 2.62. The maximum absolute atomic E-state index is 13.7. The molecule has 1 unspecified atom stereocenters. The smallest absolute Gasteiger partial charge is 0.168 e. The highest BCUT2D eigenvalue weighted by Gasteiger charge is 2.17. The molecule has 3 nitrogen and oxygen atoms in total. The van der Waals surface area contributed by atoms with Gasteiger partial charge in [-0.25, -0.2) is 13.2 Å². The first-order valence-corrected chi connectivity index (χ1v) is 5.33. The van der Waals surface area contributed by atoms with E-state index >= 15 is 0 Å². The van der Waals surface area contributed by atoms with Crippen LogP contribution in [-0.2, 0) is 7.05 Å². The average Bonchev–Trinajstić information content (AvgIpc) is 2.62. The van der Waals surface area contributed by atoms with Crippen LogP contribution in [0.15, 0.2) is 18.2 Å². The molecule has 1 aromatic heterocycles. The number of anilines is 1. The number of hydrogen-bond donors (Lipinski definition) is 1. The molecule has 0 aliphatic heterocycles. The Bertz CT molecular complexity index is 571. The van der Waals surface area contributed by atoms with Crippen molar-refractivity contribution in [3.63, 3.8) is 0 Å².